The Hall–Kier alpha value is -3.63. The molecule has 0 saturated carbocycles. The molecule has 0 N–H and O–H groups in total. The number of hydrogen-bond donors (Lipinski definition) is 0. The van der Waals surface area contributed by atoms with Crippen LogP contribution in [0.2, 0.25) is 5.02 Å². The molecule has 3 aromatic carbocycles. The number of anilines is 1. The minimum absolute atomic E-state index is 0.727. The van der Waals surface area contributed by atoms with Gasteiger partial charge in [0.25, 0.3) is 0 Å². The van der Waals surface area contributed by atoms with E-state index >= 15 is 0 Å². The van der Waals surface area contributed by atoms with Crippen molar-refractivity contribution in [2.75, 3.05) is 19.0 Å². The van der Waals surface area contributed by atoms with Gasteiger partial charge < -0.3 is 4.90 Å². The van der Waals surface area contributed by atoms with E-state index in [9.17, 15) is 0 Å². The summed E-state index contributed by atoms with van der Waals surface area (Å²) < 4.78 is 1.92. The van der Waals surface area contributed by atoms with E-state index < -0.39 is 0 Å². The maximum atomic E-state index is 6.31. The Labute approximate surface area is 199 Å². The first kappa shape index (κ1) is 21.2. The fraction of sp³-hybridized carbons (Fsp3) is 0.143. The second kappa shape index (κ2) is 8.38. The number of para-hydroxylation sites is 1. The topological polar surface area (TPSA) is 34.0 Å². The van der Waals surface area contributed by atoms with Gasteiger partial charge in [0.05, 0.1) is 28.7 Å². The number of benzene rings is 3. The Morgan fingerprint density at radius 2 is 1.61 bits per heavy atom. The molecule has 2 aromatic heterocycles. The molecule has 0 radical (unpaired) electrons. The first-order valence-electron chi connectivity index (χ1n) is 10.9. The zero-order valence-corrected chi connectivity index (χ0v) is 19.9. The fourth-order valence-corrected chi connectivity index (χ4v) is 4.56. The maximum Gasteiger partial charge on any atom is 0.165 e. The van der Waals surface area contributed by atoms with E-state index in [0.717, 1.165) is 55.4 Å². The molecule has 5 aromatic rings. The maximum absolute atomic E-state index is 6.31. The van der Waals surface area contributed by atoms with Crippen LogP contribution in [0.3, 0.4) is 0 Å². The molecule has 33 heavy (non-hydrogen) atoms. The Balaban J connectivity index is 1.92. The Bertz CT molecular complexity index is 1450. The fourth-order valence-electron chi connectivity index (χ4n) is 4.33. The Morgan fingerprint density at radius 3 is 2.27 bits per heavy atom. The molecule has 164 valence electrons. The van der Waals surface area contributed by atoms with Gasteiger partial charge in [0, 0.05) is 30.2 Å². The predicted molar refractivity (Wildman–Crippen MR) is 139 cm³/mol. The van der Waals surface area contributed by atoms with Crippen LogP contribution in [0.25, 0.3) is 39.1 Å². The number of fused-ring (bicyclic) bond motifs is 1. The molecule has 0 aliphatic carbocycles. The van der Waals surface area contributed by atoms with Gasteiger partial charge in [-0.25, -0.2) is 9.67 Å². The molecule has 4 nitrogen and oxygen atoms in total. The minimum Gasteiger partial charge on any atom is -0.376 e. The third-order valence-corrected chi connectivity index (χ3v) is 6.16. The summed E-state index contributed by atoms with van der Waals surface area (Å²) in [4.78, 5) is 7.39. The van der Waals surface area contributed by atoms with Gasteiger partial charge in [-0.05, 0) is 49.2 Å². The number of aromatic nitrogens is 3. The number of nitrogens with zero attached hydrogens (tertiary/aromatic N) is 4. The summed E-state index contributed by atoms with van der Waals surface area (Å²) in [6.45, 7) is 4.19. The van der Waals surface area contributed by atoms with Gasteiger partial charge in [0.15, 0.2) is 5.65 Å². The molecule has 0 fully saturated rings. The lowest BCUT2D eigenvalue weighted by molar-refractivity contribution is 0.897. The molecule has 0 amide bonds. The summed E-state index contributed by atoms with van der Waals surface area (Å²) in [7, 11) is 4.14. The number of pyridine rings is 1. The highest BCUT2D eigenvalue weighted by atomic mass is 35.5. The first-order chi connectivity index (χ1) is 15.9. The number of rotatable bonds is 4. The molecule has 0 aliphatic heterocycles. The molecule has 5 heteroatoms. The van der Waals surface area contributed by atoms with Crippen molar-refractivity contribution >= 4 is 28.3 Å². The van der Waals surface area contributed by atoms with Gasteiger partial charge in [0.1, 0.15) is 0 Å². The highest BCUT2D eigenvalue weighted by molar-refractivity contribution is 6.30. The second-order valence-corrected chi connectivity index (χ2v) is 8.97. The average molecular weight is 453 g/mol. The van der Waals surface area contributed by atoms with E-state index in [1.807, 2.05) is 53.3 Å². The smallest absolute Gasteiger partial charge is 0.165 e. The molecule has 2 heterocycles. The quantitative estimate of drug-likeness (QED) is 0.292. The lowest BCUT2D eigenvalue weighted by atomic mass is 9.92. The van der Waals surface area contributed by atoms with Gasteiger partial charge in [-0.3, -0.25) is 0 Å². The van der Waals surface area contributed by atoms with Crippen LogP contribution in [0.1, 0.15) is 11.1 Å². The van der Waals surface area contributed by atoms with E-state index in [4.69, 9.17) is 21.7 Å². The minimum atomic E-state index is 0.727. The van der Waals surface area contributed by atoms with Crippen LogP contribution in [0.4, 0.5) is 5.69 Å². The van der Waals surface area contributed by atoms with Crippen molar-refractivity contribution in [2.45, 2.75) is 13.8 Å². The number of hydrogen-bond acceptors (Lipinski definition) is 3. The van der Waals surface area contributed by atoms with Crippen molar-refractivity contribution in [3.05, 3.63) is 95.1 Å². The standard InChI is InChI=1S/C28H25ClN4/c1-18-10-12-20(13-11-18)26-25(23-15-14-21(29)16-19(23)2)27(32(3)4)24-17-30-33(28(24)31-26)22-8-6-5-7-9-22/h5-17H,1-4H3. The molecule has 0 unspecified atom stereocenters. The second-order valence-electron chi connectivity index (χ2n) is 8.53. The largest absolute Gasteiger partial charge is 0.376 e. The van der Waals surface area contributed by atoms with Crippen molar-refractivity contribution in [3.63, 3.8) is 0 Å². The monoisotopic (exact) mass is 452 g/mol. The Morgan fingerprint density at radius 1 is 0.879 bits per heavy atom. The summed E-state index contributed by atoms with van der Waals surface area (Å²) in [5.41, 5.74) is 9.40. The molecule has 0 saturated heterocycles. The van der Waals surface area contributed by atoms with Crippen molar-refractivity contribution < 1.29 is 0 Å². The zero-order valence-electron chi connectivity index (χ0n) is 19.2. The van der Waals surface area contributed by atoms with Crippen molar-refractivity contribution in [1.29, 1.82) is 0 Å². The van der Waals surface area contributed by atoms with E-state index in [2.05, 4.69) is 63.2 Å². The number of halogens is 1. The van der Waals surface area contributed by atoms with E-state index in [0.29, 0.717) is 0 Å². The molecule has 0 atom stereocenters. The Kier molecular flexibility index (Phi) is 5.39. The summed E-state index contributed by atoms with van der Waals surface area (Å²) in [6, 6.07) is 24.7. The predicted octanol–water partition coefficient (Wildman–Crippen LogP) is 7.09. The van der Waals surface area contributed by atoms with Crippen LogP contribution in [0.5, 0.6) is 0 Å². The van der Waals surface area contributed by atoms with E-state index in [1.54, 1.807) is 0 Å². The van der Waals surface area contributed by atoms with Crippen LogP contribution < -0.4 is 4.90 Å². The van der Waals surface area contributed by atoms with Gasteiger partial charge in [-0.1, -0.05) is 65.7 Å². The summed E-state index contributed by atoms with van der Waals surface area (Å²) >= 11 is 6.31. The van der Waals surface area contributed by atoms with Crippen molar-refractivity contribution in [1.82, 2.24) is 14.8 Å². The summed E-state index contributed by atoms with van der Waals surface area (Å²) in [6.07, 6.45) is 1.92. The lowest BCUT2D eigenvalue weighted by Crippen LogP contribution is -2.12. The summed E-state index contributed by atoms with van der Waals surface area (Å²) in [5.74, 6) is 0. The molecule has 0 aliphatic rings. The molecular weight excluding hydrogens is 428 g/mol. The number of aryl methyl sites for hydroxylation is 2. The first-order valence-corrected chi connectivity index (χ1v) is 11.3. The van der Waals surface area contributed by atoms with Gasteiger partial charge >= 0.3 is 0 Å². The zero-order chi connectivity index (χ0) is 23.1. The molecular formula is C28H25ClN4. The van der Waals surface area contributed by atoms with Gasteiger partial charge in [-0.2, -0.15) is 5.10 Å². The third kappa shape index (κ3) is 3.77. The van der Waals surface area contributed by atoms with Gasteiger partial charge in [0.2, 0.25) is 0 Å². The van der Waals surface area contributed by atoms with Crippen LogP contribution in [0, 0.1) is 13.8 Å². The molecule has 0 bridgehead atoms. The van der Waals surface area contributed by atoms with Crippen LogP contribution in [-0.4, -0.2) is 28.9 Å². The van der Waals surface area contributed by atoms with Crippen LogP contribution in [-0.2, 0) is 0 Å². The van der Waals surface area contributed by atoms with E-state index in [1.165, 1.54) is 5.56 Å². The SMILES string of the molecule is Cc1ccc(-c2nc3c(cnn3-c3ccccc3)c(N(C)C)c2-c2ccc(Cl)cc2C)cc1. The average Bonchev–Trinajstić information content (AvgIpc) is 3.22. The highest BCUT2D eigenvalue weighted by Crippen LogP contribution is 2.44. The van der Waals surface area contributed by atoms with Crippen LogP contribution in [0.15, 0.2) is 79.0 Å². The molecule has 5 rings (SSSR count). The third-order valence-electron chi connectivity index (χ3n) is 5.92. The highest BCUT2D eigenvalue weighted by Gasteiger charge is 2.23. The summed E-state index contributed by atoms with van der Waals surface area (Å²) in [5, 5.41) is 6.47. The molecule has 0 spiro atoms. The lowest BCUT2D eigenvalue weighted by Gasteiger charge is -2.23. The van der Waals surface area contributed by atoms with Crippen molar-refractivity contribution in [3.8, 4) is 28.1 Å². The van der Waals surface area contributed by atoms with Crippen molar-refractivity contribution in [2.24, 2.45) is 0 Å². The normalized spacial score (nSPS) is 11.2. The van der Waals surface area contributed by atoms with Gasteiger partial charge in [-0.15, -0.1) is 0 Å². The van der Waals surface area contributed by atoms with Crippen LogP contribution >= 0.6 is 11.6 Å². The van der Waals surface area contributed by atoms with E-state index in [-0.39, 0.29) is 0 Å².